The lowest BCUT2D eigenvalue weighted by Crippen LogP contribution is -2.56. The van der Waals surface area contributed by atoms with Gasteiger partial charge in [0.1, 0.15) is 30.9 Å². The topological polar surface area (TPSA) is 130 Å². The molecule has 0 saturated carbocycles. The summed E-state index contributed by atoms with van der Waals surface area (Å²) in [5.41, 5.74) is 0.188. The van der Waals surface area contributed by atoms with Crippen molar-refractivity contribution in [3.05, 3.63) is 35.6 Å². The third kappa shape index (κ3) is 4.34. The number of hydrogen-bond acceptors (Lipinski definition) is 8. The Morgan fingerprint density at radius 3 is 1.79 bits per heavy atom. The van der Waals surface area contributed by atoms with Crippen molar-refractivity contribution in [3.8, 4) is 0 Å². The van der Waals surface area contributed by atoms with Crippen LogP contribution in [0, 0.1) is 17.7 Å². The highest BCUT2D eigenvalue weighted by atomic mass is 19.1. The van der Waals surface area contributed by atoms with E-state index in [9.17, 15) is 23.6 Å². The number of likely N-dealkylation sites (tertiary alicyclic amines) is 1. The van der Waals surface area contributed by atoms with E-state index in [0.717, 1.165) is 19.2 Å². The number of aliphatic hydroxyl groups is 2. The molecule has 0 aromatic heterocycles. The largest absolute Gasteiger partial charge is 0.463 e. The van der Waals surface area contributed by atoms with Crippen LogP contribution in [0.1, 0.15) is 11.5 Å². The summed E-state index contributed by atoms with van der Waals surface area (Å²) in [5.74, 6) is -8.90. The van der Waals surface area contributed by atoms with Crippen LogP contribution in [0.2, 0.25) is 0 Å². The number of hydrogen-bond donors (Lipinski definition) is 2. The summed E-state index contributed by atoms with van der Waals surface area (Å²) in [4.78, 5) is 50.9. The number of benzene rings is 1. The minimum absolute atomic E-state index is 0.188. The normalized spacial score (nSPS) is 22.1. The lowest BCUT2D eigenvalue weighted by Gasteiger charge is -2.38. The summed E-state index contributed by atoms with van der Waals surface area (Å²) in [7, 11) is 1.12. The van der Waals surface area contributed by atoms with Gasteiger partial charge in [-0.2, -0.15) is 0 Å². The molecule has 2 N–H and O–H groups in total. The van der Waals surface area contributed by atoms with Crippen molar-refractivity contribution >= 4 is 23.8 Å². The molecular weight excluding hydrogens is 377 g/mol. The van der Waals surface area contributed by atoms with E-state index in [1.807, 2.05) is 0 Å². The summed E-state index contributed by atoms with van der Waals surface area (Å²) in [6.45, 7) is -1.72. The molecular formula is C18H20FNO8. The molecule has 152 valence electrons. The first kappa shape index (κ1) is 21.5. The molecule has 10 heteroatoms. The van der Waals surface area contributed by atoms with Crippen molar-refractivity contribution < 1.29 is 43.3 Å². The lowest BCUT2D eigenvalue weighted by molar-refractivity contribution is -0.171. The molecule has 1 aromatic carbocycles. The standard InChI is InChI=1S/C18H20FNO8/c1-20-15(23)13(17(25)27-8-6-21)12(10-2-4-11(19)5-3-10)14(16(20)24)18(26)28-9-7-22/h2-5,12-14,21-22H,6-9H2,1H3/t12-,13+,14-. The smallest absolute Gasteiger partial charge is 0.319 e. The monoisotopic (exact) mass is 397 g/mol. The van der Waals surface area contributed by atoms with E-state index >= 15 is 0 Å². The molecule has 0 aliphatic carbocycles. The fraction of sp³-hybridized carbons (Fsp3) is 0.444. The molecule has 0 bridgehead atoms. The average molecular weight is 397 g/mol. The number of piperidine rings is 1. The van der Waals surface area contributed by atoms with E-state index in [4.69, 9.17) is 19.7 Å². The van der Waals surface area contributed by atoms with Crippen LogP contribution < -0.4 is 0 Å². The third-order valence-electron chi connectivity index (χ3n) is 4.35. The molecule has 1 saturated heterocycles. The SMILES string of the molecule is CN1C(=O)[C@@H](C(=O)OCCO)[C@@H](c2ccc(F)cc2)[C@@H](C(=O)OCCO)C1=O. The van der Waals surface area contributed by atoms with Crippen molar-refractivity contribution in [3.63, 3.8) is 0 Å². The van der Waals surface area contributed by atoms with Crippen LogP contribution in [0.25, 0.3) is 0 Å². The van der Waals surface area contributed by atoms with Gasteiger partial charge in [0.2, 0.25) is 11.8 Å². The van der Waals surface area contributed by atoms with Crippen LogP contribution in [-0.4, -0.2) is 72.3 Å². The number of imide groups is 1. The quantitative estimate of drug-likeness (QED) is 0.348. The van der Waals surface area contributed by atoms with Gasteiger partial charge in [-0.05, 0) is 17.7 Å². The number of esters is 2. The number of aliphatic hydroxyl groups excluding tert-OH is 2. The Morgan fingerprint density at radius 1 is 0.964 bits per heavy atom. The van der Waals surface area contributed by atoms with E-state index < -0.39 is 60.5 Å². The maximum absolute atomic E-state index is 13.3. The third-order valence-corrected chi connectivity index (χ3v) is 4.35. The van der Waals surface area contributed by atoms with Crippen LogP contribution in [-0.2, 0) is 28.7 Å². The van der Waals surface area contributed by atoms with Crippen molar-refractivity contribution in [2.45, 2.75) is 5.92 Å². The van der Waals surface area contributed by atoms with E-state index in [1.54, 1.807) is 0 Å². The maximum atomic E-state index is 13.3. The first-order valence-corrected chi connectivity index (χ1v) is 8.45. The lowest BCUT2D eigenvalue weighted by atomic mass is 9.72. The summed E-state index contributed by atoms with van der Waals surface area (Å²) >= 11 is 0. The number of ether oxygens (including phenoxy) is 2. The highest BCUT2D eigenvalue weighted by molar-refractivity contribution is 6.14. The van der Waals surface area contributed by atoms with Gasteiger partial charge in [-0.25, -0.2) is 4.39 Å². The summed E-state index contributed by atoms with van der Waals surface area (Å²) in [5, 5.41) is 17.7. The zero-order valence-electron chi connectivity index (χ0n) is 15.0. The highest BCUT2D eigenvalue weighted by Gasteiger charge is 2.55. The minimum Gasteiger partial charge on any atom is -0.463 e. The van der Waals surface area contributed by atoms with Crippen molar-refractivity contribution in [2.24, 2.45) is 11.8 Å². The minimum atomic E-state index is -1.58. The van der Waals surface area contributed by atoms with Gasteiger partial charge >= 0.3 is 11.9 Å². The van der Waals surface area contributed by atoms with Gasteiger partial charge < -0.3 is 19.7 Å². The van der Waals surface area contributed by atoms with Gasteiger partial charge in [0.05, 0.1) is 13.2 Å². The average Bonchev–Trinajstić information content (AvgIpc) is 2.68. The molecule has 0 unspecified atom stereocenters. The van der Waals surface area contributed by atoms with E-state index in [-0.39, 0.29) is 18.8 Å². The van der Waals surface area contributed by atoms with Crippen molar-refractivity contribution in [2.75, 3.05) is 33.5 Å². The van der Waals surface area contributed by atoms with Crippen LogP contribution in [0.5, 0.6) is 0 Å². The predicted octanol–water partition coefficient (Wildman–Crippen LogP) is -0.789. The van der Waals surface area contributed by atoms with Gasteiger partial charge in [0.15, 0.2) is 0 Å². The second-order valence-corrected chi connectivity index (χ2v) is 6.05. The molecule has 1 fully saturated rings. The first-order chi connectivity index (χ1) is 13.3. The molecule has 2 amide bonds. The van der Waals surface area contributed by atoms with Crippen molar-refractivity contribution in [1.29, 1.82) is 0 Å². The Labute approximate surface area is 159 Å². The molecule has 1 heterocycles. The maximum Gasteiger partial charge on any atom is 0.319 e. The second kappa shape index (κ2) is 9.38. The number of carbonyl (C=O) groups is 4. The predicted molar refractivity (Wildman–Crippen MR) is 90.0 cm³/mol. The number of halogens is 1. The van der Waals surface area contributed by atoms with Crippen molar-refractivity contribution in [1.82, 2.24) is 4.90 Å². The fourth-order valence-corrected chi connectivity index (χ4v) is 3.06. The van der Waals surface area contributed by atoms with E-state index in [2.05, 4.69) is 0 Å². The molecule has 2 rings (SSSR count). The molecule has 1 aromatic rings. The number of carbonyl (C=O) groups excluding carboxylic acids is 4. The second-order valence-electron chi connectivity index (χ2n) is 6.05. The van der Waals surface area contributed by atoms with Gasteiger partial charge in [0.25, 0.3) is 0 Å². The first-order valence-electron chi connectivity index (χ1n) is 8.45. The van der Waals surface area contributed by atoms with Gasteiger partial charge in [0, 0.05) is 13.0 Å². The van der Waals surface area contributed by atoms with Gasteiger partial charge in [-0.15, -0.1) is 0 Å². The summed E-state index contributed by atoms with van der Waals surface area (Å²) in [6, 6.07) is 4.64. The Hall–Kier alpha value is -2.85. The molecule has 0 spiro atoms. The zero-order chi connectivity index (χ0) is 20.8. The Morgan fingerprint density at radius 2 is 1.39 bits per heavy atom. The number of nitrogens with zero attached hydrogens (tertiary/aromatic N) is 1. The Balaban J connectivity index is 2.53. The van der Waals surface area contributed by atoms with E-state index in [0.29, 0.717) is 4.90 Å². The fourth-order valence-electron chi connectivity index (χ4n) is 3.06. The summed E-state index contributed by atoms with van der Waals surface area (Å²) in [6.07, 6.45) is 0. The van der Waals surface area contributed by atoms with Crippen LogP contribution in [0.15, 0.2) is 24.3 Å². The molecule has 28 heavy (non-hydrogen) atoms. The van der Waals surface area contributed by atoms with Crippen LogP contribution in [0.3, 0.4) is 0 Å². The molecule has 0 radical (unpaired) electrons. The van der Waals surface area contributed by atoms with Crippen LogP contribution in [0.4, 0.5) is 4.39 Å². The van der Waals surface area contributed by atoms with Crippen LogP contribution >= 0.6 is 0 Å². The number of amides is 2. The molecule has 1 aliphatic rings. The molecule has 3 atom stereocenters. The zero-order valence-corrected chi connectivity index (χ0v) is 15.0. The van der Waals surface area contributed by atoms with Gasteiger partial charge in [-0.3, -0.25) is 24.1 Å². The Kier molecular flexibility index (Phi) is 7.18. The number of rotatable bonds is 7. The Bertz CT molecular complexity index is 710. The van der Waals surface area contributed by atoms with E-state index in [1.165, 1.54) is 12.1 Å². The summed E-state index contributed by atoms with van der Waals surface area (Å²) < 4.78 is 23.0. The highest BCUT2D eigenvalue weighted by Crippen LogP contribution is 2.40. The van der Waals surface area contributed by atoms with Gasteiger partial charge in [-0.1, -0.05) is 12.1 Å². The molecule has 1 aliphatic heterocycles. The molecule has 9 nitrogen and oxygen atoms in total.